The second-order valence-corrected chi connectivity index (χ2v) is 34.9. The molecule has 2 aromatic rings. The monoisotopic (exact) mass is 1580 g/mol. The second-order valence-electron chi connectivity index (χ2n) is 34.9. The maximum atomic E-state index is 12.9. The van der Waals surface area contributed by atoms with E-state index in [-0.39, 0.29) is 16.5 Å². The van der Waals surface area contributed by atoms with Gasteiger partial charge in [-0.15, -0.1) is 0 Å². The Kier molecular flexibility index (Phi) is 84.9. The summed E-state index contributed by atoms with van der Waals surface area (Å²) in [6.07, 6.45) is 116. The molecular formula is C108H194N2Ni. The van der Waals surface area contributed by atoms with Crippen molar-refractivity contribution in [2.24, 2.45) is 0 Å². The first-order chi connectivity index (χ1) is 54.3. The Morgan fingerprint density at radius 1 is 0.234 bits per heavy atom. The smallest absolute Gasteiger partial charge is 0.493 e. The topological polar surface area (TPSA) is 25.3 Å². The SMILES string of the molecule is CCCCCCCCCCCCCCCC=Cc1cc(C=CCCCCCCCCCCCCCCC)cc(C2=C(CCCCCCCC)C(CCCC)=C(c3cc(CCCC)cc(CCCC)c3)[N+]2=[N-])c1.[CH2-]CCCCCCCCCCCCCCCCCC.[CH2-]CCCCCCCCCCCCCCCCCC.[Ni+2]. The first-order valence-electron chi connectivity index (χ1n) is 50.5. The van der Waals surface area contributed by atoms with E-state index in [2.05, 4.69) is 130 Å². The molecule has 0 aromatic heterocycles. The molecule has 0 radical (unpaired) electrons. The minimum Gasteiger partial charge on any atom is -0.493 e. The molecule has 0 bridgehead atoms. The van der Waals surface area contributed by atoms with Crippen molar-refractivity contribution in [3.05, 3.63) is 112 Å². The molecule has 1 aliphatic rings. The fourth-order valence-electron chi connectivity index (χ4n) is 16.6. The summed E-state index contributed by atoms with van der Waals surface area (Å²) in [5, 5.41) is 0. The van der Waals surface area contributed by atoms with Crippen LogP contribution in [-0.2, 0) is 29.3 Å². The number of hydrogen-bond donors (Lipinski definition) is 0. The molecule has 0 amide bonds. The minimum absolute atomic E-state index is 0. The van der Waals surface area contributed by atoms with Crippen LogP contribution in [0.4, 0.5) is 0 Å². The van der Waals surface area contributed by atoms with Gasteiger partial charge in [0, 0.05) is 22.3 Å². The zero-order chi connectivity index (χ0) is 79.6. The van der Waals surface area contributed by atoms with Crippen LogP contribution in [-0.4, -0.2) is 4.70 Å². The Morgan fingerprint density at radius 3 is 0.694 bits per heavy atom. The van der Waals surface area contributed by atoms with Crippen molar-refractivity contribution in [1.82, 2.24) is 0 Å². The van der Waals surface area contributed by atoms with Gasteiger partial charge in [-0.2, -0.15) is 12.8 Å². The predicted molar refractivity (Wildman–Crippen MR) is 503 cm³/mol. The van der Waals surface area contributed by atoms with Crippen LogP contribution in [0, 0.1) is 13.8 Å². The Balaban J connectivity index is 0.00000252. The summed E-state index contributed by atoms with van der Waals surface area (Å²) in [4.78, 5) is 0. The number of benzene rings is 2. The first-order valence-corrected chi connectivity index (χ1v) is 50.5. The van der Waals surface area contributed by atoms with Gasteiger partial charge in [0.2, 0.25) is 11.4 Å². The molecule has 3 heteroatoms. The third kappa shape index (κ3) is 65.2. The maximum Gasteiger partial charge on any atom is 2.00 e. The Morgan fingerprint density at radius 2 is 0.441 bits per heavy atom. The van der Waals surface area contributed by atoms with E-state index in [0.29, 0.717) is 0 Å². The van der Waals surface area contributed by atoms with Crippen LogP contribution in [0.25, 0.3) is 29.1 Å². The van der Waals surface area contributed by atoms with E-state index in [1.165, 1.54) is 481 Å². The maximum absolute atomic E-state index is 12.9. The summed E-state index contributed by atoms with van der Waals surface area (Å²) < 4.78 is 1.68. The van der Waals surface area contributed by atoms with Crippen LogP contribution in [0.2, 0.25) is 0 Å². The van der Waals surface area contributed by atoms with Gasteiger partial charge in [0.05, 0.1) is 0 Å². The Labute approximate surface area is 708 Å². The van der Waals surface area contributed by atoms with Crippen LogP contribution >= 0.6 is 0 Å². The van der Waals surface area contributed by atoms with E-state index in [1.807, 2.05) is 0 Å². The second kappa shape index (κ2) is 86.8. The van der Waals surface area contributed by atoms with Crippen LogP contribution in [0.3, 0.4) is 0 Å². The average molecular weight is 1580 g/mol. The van der Waals surface area contributed by atoms with Crippen LogP contribution < -0.4 is 0 Å². The molecular weight excluding hydrogens is 1380 g/mol. The van der Waals surface area contributed by atoms with Crippen LogP contribution in [0.5, 0.6) is 0 Å². The molecule has 2 aromatic carbocycles. The van der Waals surface area contributed by atoms with E-state index >= 15 is 0 Å². The van der Waals surface area contributed by atoms with Crippen molar-refractivity contribution in [3.8, 4) is 0 Å². The van der Waals surface area contributed by atoms with Crippen LogP contribution in [0.1, 0.15) is 577 Å². The minimum atomic E-state index is 0. The van der Waals surface area contributed by atoms with Gasteiger partial charge in [0.25, 0.3) is 0 Å². The molecule has 0 N–H and O–H groups in total. The van der Waals surface area contributed by atoms with Crippen LogP contribution in [0.15, 0.2) is 59.7 Å². The molecule has 646 valence electrons. The summed E-state index contributed by atoms with van der Waals surface area (Å²) in [5.41, 5.74) is 25.5. The summed E-state index contributed by atoms with van der Waals surface area (Å²) >= 11 is 0. The number of unbranched alkanes of at least 4 members (excludes halogenated alkanes) is 66. The molecule has 1 aliphatic heterocycles. The third-order valence-corrected chi connectivity index (χ3v) is 23.9. The van der Waals surface area contributed by atoms with E-state index in [0.717, 1.165) is 75.6 Å². The third-order valence-electron chi connectivity index (χ3n) is 23.9. The number of nitrogens with zero attached hydrogens (tertiary/aromatic N) is 2. The molecule has 0 spiro atoms. The Bertz CT molecular complexity index is 2250. The van der Waals surface area contributed by atoms with Crippen molar-refractivity contribution in [2.45, 2.75) is 556 Å². The van der Waals surface area contributed by atoms with E-state index in [9.17, 15) is 5.53 Å². The van der Waals surface area contributed by atoms with Crippen molar-refractivity contribution in [2.75, 3.05) is 0 Å². The number of aryl methyl sites for hydroxylation is 2. The zero-order valence-corrected chi connectivity index (χ0v) is 77.5. The molecule has 1 heterocycles. The van der Waals surface area contributed by atoms with Crippen molar-refractivity contribution >= 4 is 23.5 Å². The van der Waals surface area contributed by atoms with Gasteiger partial charge in [0.15, 0.2) is 0 Å². The summed E-state index contributed by atoms with van der Waals surface area (Å²) in [7, 11) is 0. The molecule has 0 saturated heterocycles. The number of allylic oxidation sites excluding steroid dienone is 4. The molecule has 2 nitrogen and oxygen atoms in total. The molecule has 3 rings (SSSR count). The molecule has 0 fully saturated rings. The first kappa shape index (κ1) is 108. The summed E-state index contributed by atoms with van der Waals surface area (Å²) in [6.45, 7) is 26.2. The van der Waals surface area contributed by atoms with Gasteiger partial charge in [0.1, 0.15) is 0 Å². The standard InChI is InChI=1S/C70H116N2.2C19H39.Ni/c1-7-13-19-22-25-27-29-31-33-35-37-39-41-43-46-51-63-56-64(52-47-44-42-40-38-36-34-32-30-28-26-23-20-14-8-2)60-66(59-63)70-68(54-48-45-24-21-15-9-3)67(53-18-12-6)69(72(70)71)65-57-61(49-16-10-4)55-62(58-65)50-17-11-5;2*1-3-5-7-9-11-13-15-17-19-18-16-14-12-10-8-6-4-2;/h46-47,51-52,55-60H,7-45,48-50,53-54H2,1-6H3;2*1,3-19H2,2H3;/q;2*-1;+2. The zero-order valence-electron chi connectivity index (χ0n) is 76.6. The molecule has 0 saturated carbocycles. The largest absolute Gasteiger partial charge is 2.00 e. The molecule has 0 atom stereocenters. The normalized spacial score (nSPS) is 12.3. The van der Waals surface area contributed by atoms with E-state index in [1.54, 1.807) is 4.70 Å². The van der Waals surface area contributed by atoms with Gasteiger partial charge in [-0.25, -0.2) is 4.70 Å². The molecule has 0 unspecified atom stereocenters. The van der Waals surface area contributed by atoms with Gasteiger partial charge >= 0.3 is 16.5 Å². The van der Waals surface area contributed by atoms with Crippen molar-refractivity contribution in [1.29, 1.82) is 0 Å². The van der Waals surface area contributed by atoms with E-state index < -0.39 is 0 Å². The quantitative estimate of drug-likeness (QED) is 0.0273. The number of hydrogen-bond acceptors (Lipinski definition) is 0. The molecule has 0 aliphatic carbocycles. The van der Waals surface area contributed by atoms with Crippen molar-refractivity contribution in [3.63, 3.8) is 0 Å². The van der Waals surface area contributed by atoms with E-state index in [4.69, 9.17) is 0 Å². The fraction of sp³-hybridized carbons (Fsp3) is 0.796. The summed E-state index contributed by atoms with van der Waals surface area (Å²) in [6, 6.07) is 14.5. The Hall–Kier alpha value is -2.51. The average Bonchev–Trinajstić information content (AvgIpc) is 1.60. The number of rotatable bonds is 80. The van der Waals surface area contributed by atoms with Gasteiger partial charge in [-0.1, -0.05) is 497 Å². The molecule has 111 heavy (non-hydrogen) atoms. The van der Waals surface area contributed by atoms with Gasteiger partial charge in [-0.05, 0) is 130 Å². The predicted octanol–water partition coefficient (Wildman–Crippen LogP) is 39.4. The van der Waals surface area contributed by atoms with Gasteiger partial charge < -0.3 is 19.4 Å². The summed E-state index contributed by atoms with van der Waals surface area (Å²) in [5.74, 6) is 0. The fourth-order valence-corrected chi connectivity index (χ4v) is 16.6. The van der Waals surface area contributed by atoms with Gasteiger partial charge in [-0.3, -0.25) is 0 Å². The van der Waals surface area contributed by atoms with Crippen molar-refractivity contribution < 1.29 is 21.2 Å².